The van der Waals surface area contributed by atoms with Crippen LogP contribution in [0.1, 0.15) is 21.7 Å². The number of anilines is 1. The monoisotopic (exact) mass is 388 g/mol. The molecule has 0 bridgehead atoms. The van der Waals surface area contributed by atoms with Crippen molar-refractivity contribution in [2.75, 3.05) is 5.32 Å². The highest BCUT2D eigenvalue weighted by Crippen LogP contribution is 2.21. The number of aryl methyl sites for hydroxylation is 2. The summed E-state index contributed by atoms with van der Waals surface area (Å²) < 4.78 is 15.3. The van der Waals surface area contributed by atoms with Crippen LogP contribution in [0.3, 0.4) is 0 Å². The smallest absolute Gasteiger partial charge is 0.267 e. The van der Waals surface area contributed by atoms with Crippen LogP contribution in [-0.2, 0) is 0 Å². The predicted molar refractivity (Wildman–Crippen MR) is 109 cm³/mol. The van der Waals surface area contributed by atoms with Gasteiger partial charge in [-0.1, -0.05) is 12.1 Å². The van der Waals surface area contributed by atoms with Crippen molar-refractivity contribution in [1.82, 2.24) is 14.5 Å². The maximum atomic E-state index is 13.8. The van der Waals surface area contributed by atoms with Crippen LogP contribution in [-0.4, -0.2) is 20.4 Å². The molecule has 0 aliphatic rings. The maximum absolute atomic E-state index is 13.8. The van der Waals surface area contributed by atoms with Crippen LogP contribution in [0.2, 0.25) is 0 Å². The molecule has 2 aromatic heterocycles. The van der Waals surface area contributed by atoms with E-state index in [1.54, 1.807) is 56.4 Å². The van der Waals surface area contributed by atoms with E-state index in [0.717, 1.165) is 5.56 Å². The van der Waals surface area contributed by atoms with E-state index in [1.165, 1.54) is 22.8 Å². The summed E-state index contributed by atoms with van der Waals surface area (Å²) in [5.74, 6) is -0.619. The van der Waals surface area contributed by atoms with Gasteiger partial charge >= 0.3 is 0 Å². The molecule has 0 fully saturated rings. The summed E-state index contributed by atoms with van der Waals surface area (Å²) in [5, 5.41) is 3.14. The minimum atomic E-state index is -0.586. The molecule has 6 nitrogen and oxygen atoms in total. The van der Waals surface area contributed by atoms with Gasteiger partial charge in [-0.25, -0.2) is 14.4 Å². The largest absolute Gasteiger partial charge is 0.322 e. The third kappa shape index (κ3) is 3.38. The minimum Gasteiger partial charge on any atom is -0.322 e. The molecule has 7 heteroatoms. The summed E-state index contributed by atoms with van der Waals surface area (Å²) >= 11 is 0. The van der Waals surface area contributed by atoms with E-state index in [0.29, 0.717) is 28.2 Å². The normalized spacial score (nSPS) is 10.9. The quantitative estimate of drug-likeness (QED) is 0.579. The van der Waals surface area contributed by atoms with Crippen molar-refractivity contribution in [2.24, 2.45) is 0 Å². The Morgan fingerprint density at radius 3 is 2.62 bits per heavy atom. The lowest BCUT2D eigenvalue weighted by Gasteiger charge is -2.14. The van der Waals surface area contributed by atoms with Gasteiger partial charge in [0.15, 0.2) is 5.65 Å². The van der Waals surface area contributed by atoms with Gasteiger partial charge in [0.25, 0.3) is 11.5 Å². The van der Waals surface area contributed by atoms with Crippen LogP contribution in [0.15, 0.2) is 65.6 Å². The molecule has 0 atom stereocenters. The molecule has 1 amide bonds. The van der Waals surface area contributed by atoms with Gasteiger partial charge in [0.2, 0.25) is 0 Å². The fourth-order valence-electron chi connectivity index (χ4n) is 3.19. The highest BCUT2D eigenvalue weighted by Gasteiger charge is 2.14. The fourth-order valence-corrected chi connectivity index (χ4v) is 3.19. The van der Waals surface area contributed by atoms with Gasteiger partial charge in [-0.05, 0) is 61.9 Å². The Bertz CT molecular complexity index is 1310. The van der Waals surface area contributed by atoms with Crippen LogP contribution < -0.4 is 10.9 Å². The van der Waals surface area contributed by atoms with E-state index in [1.807, 2.05) is 0 Å². The Morgan fingerprint density at radius 2 is 1.86 bits per heavy atom. The molecule has 144 valence electrons. The van der Waals surface area contributed by atoms with Crippen molar-refractivity contribution in [3.8, 4) is 5.69 Å². The summed E-state index contributed by atoms with van der Waals surface area (Å²) in [7, 11) is 0. The first-order chi connectivity index (χ1) is 14.0. The number of fused-ring (bicyclic) bond motifs is 1. The van der Waals surface area contributed by atoms with Crippen molar-refractivity contribution in [3.05, 3.63) is 93.9 Å². The second kappa shape index (κ2) is 7.27. The number of carbonyl (C=O) groups is 1. The third-order valence-electron chi connectivity index (χ3n) is 4.65. The van der Waals surface area contributed by atoms with E-state index >= 15 is 0 Å². The summed E-state index contributed by atoms with van der Waals surface area (Å²) in [6.07, 6.45) is 1.59. The zero-order valence-electron chi connectivity index (χ0n) is 15.8. The Kier molecular flexibility index (Phi) is 4.64. The highest BCUT2D eigenvalue weighted by molar-refractivity contribution is 6.04. The van der Waals surface area contributed by atoms with Gasteiger partial charge < -0.3 is 5.32 Å². The fraction of sp³-hybridized carbons (Fsp3) is 0.0909. The van der Waals surface area contributed by atoms with E-state index in [2.05, 4.69) is 15.3 Å². The van der Waals surface area contributed by atoms with Gasteiger partial charge in [0, 0.05) is 11.9 Å². The second-order valence-electron chi connectivity index (χ2n) is 6.61. The van der Waals surface area contributed by atoms with Gasteiger partial charge in [0.1, 0.15) is 11.6 Å². The number of halogens is 1. The lowest BCUT2D eigenvalue weighted by atomic mass is 10.1. The molecule has 1 N–H and O–H groups in total. The molecule has 29 heavy (non-hydrogen) atoms. The van der Waals surface area contributed by atoms with Crippen molar-refractivity contribution in [3.63, 3.8) is 0 Å². The lowest BCUT2D eigenvalue weighted by Crippen LogP contribution is -2.23. The molecule has 0 unspecified atom stereocenters. The molecule has 2 aromatic carbocycles. The van der Waals surface area contributed by atoms with Crippen molar-refractivity contribution < 1.29 is 9.18 Å². The highest BCUT2D eigenvalue weighted by atomic mass is 19.1. The molecular formula is C22H17FN4O2. The number of carbonyl (C=O) groups excluding carboxylic acids is 1. The Labute approximate surface area is 165 Å². The maximum Gasteiger partial charge on any atom is 0.267 e. The zero-order chi connectivity index (χ0) is 20.5. The molecule has 0 spiro atoms. The number of amides is 1. The predicted octanol–water partition coefficient (Wildman–Crippen LogP) is 3.79. The number of rotatable bonds is 3. The van der Waals surface area contributed by atoms with Crippen LogP contribution in [0.4, 0.5) is 10.1 Å². The number of nitrogens with one attached hydrogen (secondary N) is 1. The van der Waals surface area contributed by atoms with Crippen molar-refractivity contribution in [1.29, 1.82) is 0 Å². The molecule has 0 aliphatic carbocycles. The van der Waals surface area contributed by atoms with Crippen molar-refractivity contribution >= 4 is 22.6 Å². The van der Waals surface area contributed by atoms with E-state index < -0.39 is 11.7 Å². The van der Waals surface area contributed by atoms with Gasteiger partial charge in [-0.2, -0.15) is 0 Å². The molecule has 0 saturated carbocycles. The Balaban J connectivity index is 1.71. The standard InChI is InChI=1S/C22H17FN4O2/c1-13-12-15(27-14(2)25-20-17(22(27)29)7-5-11-24-20)9-10-19(13)26-21(28)16-6-3-4-8-18(16)23/h3-12H,1-2H3,(H,26,28). The summed E-state index contributed by atoms with van der Waals surface area (Å²) in [6, 6.07) is 14.3. The van der Waals surface area contributed by atoms with Crippen molar-refractivity contribution in [2.45, 2.75) is 13.8 Å². The Hall–Kier alpha value is -3.87. The van der Waals surface area contributed by atoms with E-state index in [4.69, 9.17) is 0 Å². The third-order valence-corrected chi connectivity index (χ3v) is 4.65. The first-order valence-electron chi connectivity index (χ1n) is 8.97. The molecule has 0 radical (unpaired) electrons. The average Bonchev–Trinajstić information content (AvgIpc) is 2.70. The lowest BCUT2D eigenvalue weighted by molar-refractivity contribution is 0.102. The zero-order valence-corrected chi connectivity index (χ0v) is 15.8. The molecule has 4 rings (SSSR count). The molecule has 0 saturated heterocycles. The number of nitrogens with zero attached hydrogens (tertiary/aromatic N) is 3. The SMILES string of the molecule is Cc1cc(-n2c(C)nc3ncccc3c2=O)ccc1NC(=O)c1ccccc1F. The summed E-state index contributed by atoms with van der Waals surface area (Å²) in [6.45, 7) is 3.54. The van der Waals surface area contributed by atoms with Crippen LogP contribution >= 0.6 is 0 Å². The molecule has 0 aliphatic heterocycles. The number of benzene rings is 2. The summed E-state index contributed by atoms with van der Waals surface area (Å²) in [5.41, 5.74) is 2.02. The van der Waals surface area contributed by atoms with Gasteiger partial charge in [0.05, 0.1) is 16.6 Å². The van der Waals surface area contributed by atoms with E-state index in [-0.39, 0.29) is 11.1 Å². The number of pyridine rings is 1. The van der Waals surface area contributed by atoms with Crippen LogP contribution in [0.25, 0.3) is 16.7 Å². The molecular weight excluding hydrogens is 371 g/mol. The van der Waals surface area contributed by atoms with Crippen LogP contribution in [0.5, 0.6) is 0 Å². The first kappa shape index (κ1) is 18.5. The number of aromatic nitrogens is 3. The Morgan fingerprint density at radius 1 is 1.07 bits per heavy atom. The average molecular weight is 388 g/mol. The van der Waals surface area contributed by atoms with E-state index in [9.17, 15) is 14.0 Å². The topological polar surface area (TPSA) is 76.9 Å². The molecule has 4 aromatic rings. The minimum absolute atomic E-state index is 0.0331. The summed E-state index contributed by atoms with van der Waals surface area (Å²) in [4.78, 5) is 33.8. The second-order valence-corrected chi connectivity index (χ2v) is 6.61. The number of hydrogen-bond acceptors (Lipinski definition) is 4. The molecule has 2 heterocycles. The van der Waals surface area contributed by atoms with Crippen LogP contribution in [0, 0.1) is 19.7 Å². The number of hydrogen-bond donors (Lipinski definition) is 1. The van der Waals surface area contributed by atoms with Gasteiger partial charge in [-0.3, -0.25) is 14.2 Å². The first-order valence-corrected chi connectivity index (χ1v) is 8.97. The van der Waals surface area contributed by atoms with Gasteiger partial charge in [-0.15, -0.1) is 0 Å².